The lowest BCUT2D eigenvalue weighted by Gasteiger charge is -2.08. The molecular formula is C24H22N4O4. The van der Waals surface area contributed by atoms with Crippen LogP contribution in [-0.4, -0.2) is 30.3 Å². The smallest absolute Gasteiger partial charge is 0.255 e. The van der Waals surface area contributed by atoms with Gasteiger partial charge in [-0.3, -0.25) is 4.79 Å². The summed E-state index contributed by atoms with van der Waals surface area (Å²) in [6.07, 6.45) is 0. The summed E-state index contributed by atoms with van der Waals surface area (Å²) in [7, 11) is 3.20. The van der Waals surface area contributed by atoms with Gasteiger partial charge in [0.15, 0.2) is 0 Å². The van der Waals surface area contributed by atoms with Crippen LogP contribution in [0, 0.1) is 0 Å². The number of carbonyl (C=O) groups excluding carboxylic acids is 1. The number of aromatic nitrogens is 2. The van der Waals surface area contributed by atoms with Crippen LogP contribution in [0.2, 0.25) is 0 Å². The van der Waals surface area contributed by atoms with E-state index in [9.17, 15) is 4.79 Å². The number of ether oxygens (including phenoxy) is 2. The summed E-state index contributed by atoms with van der Waals surface area (Å²) < 4.78 is 15.8. The molecule has 4 aromatic rings. The minimum absolute atomic E-state index is 0.194. The summed E-state index contributed by atoms with van der Waals surface area (Å²) >= 11 is 0. The molecule has 0 saturated carbocycles. The summed E-state index contributed by atoms with van der Waals surface area (Å²) in [6, 6.07) is 21.8. The Hall–Kier alpha value is -4.33. The molecule has 0 radical (unpaired) electrons. The molecule has 1 aromatic heterocycles. The van der Waals surface area contributed by atoms with Gasteiger partial charge in [0, 0.05) is 16.9 Å². The first-order chi connectivity index (χ1) is 15.7. The van der Waals surface area contributed by atoms with E-state index in [2.05, 4.69) is 20.8 Å². The first-order valence-electron chi connectivity index (χ1n) is 9.91. The van der Waals surface area contributed by atoms with Crippen molar-refractivity contribution in [3.05, 3.63) is 84.3 Å². The summed E-state index contributed by atoms with van der Waals surface area (Å²) in [4.78, 5) is 16.9. The van der Waals surface area contributed by atoms with Crippen LogP contribution >= 0.6 is 0 Å². The van der Waals surface area contributed by atoms with E-state index in [4.69, 9.17) is 14.0 Å². The Morgan fingerprint density at radius 2 is 1.62 bits per heavy atom. The number of carbonyl (C=O) groups is 1. The van der Waals surface area contributed by atoms with Crippen molar-refractivity contribution in [2.75, 3.05) is 24.9 Å². The third-order valence-electron chi connectivity index (χ3n) is 4.75. The Labute approximate surface area is 185 Å². The van der Waals surface area contributed by atoms with Gasteiger partial charge in [-0.25, -0.2) is 0 Å². The zero-order valence-corrected chi connectivity index (χ0v) is 17.7. The quantitative estimate of drug-likeness (QED) is 0.421. The van der Waals surface area contributed by atoms with Crippen LogP contribution in [0.5, 0.6) is 11.5 Å². The lowest BCUT2D eigenvalue weighted by Crippen LogP contribution is -2.11. The van der Waals surface area contributed by atoms with Gasteiger partial charge in [-0.05, 0) is 60.7 Å². The minimum Gasteiger partial charge on any atom is -0.497 e. The number of amides is 1. The third-order valence-corrected chi connectivity index (χ3v) is 4.75. The molecule has 0 spiro atoms. The maximum absolute atomic E-state index is 12.4. The van der Waals surface area contributed by atoms with Crippen LogP contribution in [0.4, 0.5) is 11.4 Å². The Bertz CT molecular complexity index is 1190. The van der Waals surface area contributed by atoms with Crippen LogP contribution in [0.15, 0.2) is 77.3 Å². The van der Waals surface area contributed by atoms with Crippen LogP contribution in [-0.2, 0) is 6.54 Å². The molecule has 4 rings (SSSR count). The van der Waals surface area contributed by atoms with E-state index in [0.717, 1.165) is 17.0 Å². The highest BCUT2D eigenvalue weighted by molar-refractivity contribution is 6.04. The van der Waals surface area contributed by atoms with Crippen molar-refractivity contribution >= 4 is 17.3 Å². The number of hydrogen-bond acceptors (Lipinski definition) is 7. The van der Waals surface area contributed by atoms with Crippen LogP contribution < -0.4 is 20.1 Å². The normalized spacial score (nSPS) is 10.4. The molecular weight excluding hydrogens is 408 g/mol. The number of benzene rings is 3. The van der Waals surface area contributed by atoms with E-state index in [0.29, 0.717) is 35.3 Å². The van der Waals surface area contributed by atoms with E-state index in [1.54, 1.807) is 50.6 Å². The SMILES string of the molecule is COc1ccc(NC(=O)c2ccc(NCc3nc(-c4ccccc4OC)no3)cc2)cc1. The monoisotopic (exact) mass is 430 g/mol. The summed E-state index contributed by atoms with van der Waals surface area (Å²) in [6.45, 7) is 0.347. The van der Waals surface area contributed by atoms with Crippen molar-refractivity contribution < 1.29 is 18.8 Å². The van der Waals surface area contributed by atoms with Crippen molar-refractivity contribution in [2.24, 2.45) is 0 Å². The fourth-order valence-corrected chi connectivity index (χ4v) is 3.06. The number of para-hydroxylation sites is 1. The maximum atomic E-state index is 12.4. The first-order valence-corrected chi connectivity index (χ1v) is 9.91. The molecule has 0 unspecified atom stereocenters. The molecule has 0 fully saturated rings. The average Bonchev–Trinajstić information content (AvgIpc) is 3.32. The van der Waals surface area contributed by atoms with Crippen LogP contribution in [0.3, 0.4) is 0 Å². The number of hydrogen-bond donors (Lipinski definition) is 2. The van der Waals surface area contributed by atoms with Gasteiger partial charge < -0.3 is 24.6 Å². The standard InChI is InChI=1S/C24H22N4O4/c1-30-19-13-11-18(12-14-19)26-24(29)16-7-9-17(10-8-16)25-15-22-27-23(28-32-22)20-5-3-4-6-21(20)31-2/h3-14,25H,15H2,1-2H3,(H,26,29). The van der Waals surface area contributed by atoms with Crippen molar-refractivity contribution in [1.82, 2.24) is 10.1 Å². The molecule has 32 heavy (non-hydrogen) atoms. The molecule has 1 heterocycles. The molecule has 0 bridgehead atoms. The van der Waals surface area contributed by atoms with Gasteiger partial charge in [-0.2, -0.15) is 4.98 Å². The van der Waals surface area contributed by atoms with Gasteiger partial charge in [0.2, 0.25) is 11.7 Å². The molecule has 3 aromatic carbocycles. The predicted molar refractivity (Wildman–Crippen MR) is 121 cm³/mol. The lowest BCUT2D eigenvalue weighted by atomic mass is 10.2. The van der Waals surface area contributed by atoms with Crippen LogP contribution in [0.25, 0.3) is 11.4 Å². The van der Waals surface area contributed by atoms with E-state index in [-0.39, 0.29) is 5.91 Å². The molecule has 162 valence electrons. The largest absolute Gasteiger partial charge is 0.497 e. The molecule has 8 nitrogen and oxygen atoms in total. The number of nitrogens with zero attached hydrogens (tertiary/aromatic N) is 2. The zero-order valence-electron chi connectivity index (χ0n) is 17.7. The highest BCUT2D eigenvalue weighted by Gasteiger charge is 2.13. The van der Waals surface area contributed by atoms with Crippen molar-refractivity contribution in [2.45, 2.75) is 6.54 Å². The summed E-state index contributed by atoms with van der Waals surface area (Å²) in [5.41, 5.74) is 2.82. The second kappa shape index (κ2) is 9.65. The van der Waals surface area contributed by atoms with E-state index in [1.165, 1.54) is 0 Å². The number of methoxy groups -OCH3 is 2. The fraction of sp³-hybridized carbons (Fsp3) is 0.125. The lowest BCUT2D eigenvalue weighted by molar-refractivity contribution is 0.102. The molecule has 8 heteroatoms. The Morgan fingerprint density at radius 3 is 2.34 bits per heavy atom. The first kappa shape index (κ1) is 20.9. The Kier molecular flexibility index (Phi) is 6.31. The van der Waals surface area contributed by atoms with E-state index >= 15 is 0 Å². The van der Waals surface area contributed by atoms with Gasteiger partial charge >= 0.3 is 0 Å². The molecule has 0 saturated heterocycles. The molecule has 0 atom stereocenters. The number of nitrogens with one attached hydrogen (secondary N) is 2. The Morgan fingerprint density at radius 1 is 0.906 bits per heavy atom. The molecule has 0 aliphatic heterocycles. The fourth-order valence-electron chi connectivity index (χ4n) is 3.06. The summed E-state index contributed by atoms with van der Waals surface area (Å²) in [5.74, 6) is 2.11. The van der Waals surface area contributed by atoms with Crippen molar-refractivity contribution in [1.29, 1.82) is 0 Å². The van der Waals surface area contributed by atoms with Gasteiger partial charge in [0.05, 0.1) is 26.3 Å². The topological polar surface area (TPSA) is 98.5 Å². The third kappa shape index (κ3) is 4.86. The molecule has 1 amide bonds. The van der Waals surface area contributed by atoms with E-state index < -0.39 is 0 Å². The molecule has 0 aliphatic rings. The highest BCUT2D eigenvalue weighted by atomic mass is 16.5. The average molecular weight is 430 g/mol. The van der Waals surface area contributed by atoms with Crippen LogP contribution in [0.1, 0.15) is 16.2 Å². The van der Waals surface area contributed by atoms with Gasteiger partial charge in [0.1, 0.15) is 11.5 Å². The maximum Gasteiger partial charge on any atom is 0.255 e. The second-order valence-electron chi connectivity index (χ2n) is 6.83. The Balaban J connectivity index is 1.35. The van der Waals surface area contributed by atoms with Gasteiger partial charge in [-0.1, -0.05) is 17.3 Å². The van der Waals surface area contributed by atoms with Gasteiger partial charge in [0.25, 0.3) is 5.91 Å². The minimum atomic E-state index is -0.194. The number of rotatable bonds is 8. The van der Waals surface area contributed by atoms with Crippen molar-refractivity contribution in [3.63, 3.8) is 0 Å². The summed E-state index contributed by atoms with van der Waals surface area (Å²) in [5, 5.41) is 10.1. The molecule has 2 N–H and O–H groups in total. The zero-order chi connectivity index (χ0) is 22.3. The molecule has 0 aliphatic carbocycles. The van der Waals surface area contributed by atoms with Crippen molar-refractivity contribution in [3.8, 4) is 22.9 Å². The highest BCUT2D eigenvalue weighted by Crippen LogP contribution is 2.27. The van der Waals surface area contributed by atoms with E-state index in [1.807, 2.05) is 36.4 Å². The predicted octanol–water partition coefficient (Wildman–Crippen LogP) is 4.62. The number of anilines is 2. The van der Waals surface area contributed by atoms with Gasteiger partial charge in [-0.15, -0.1) is 0 Å². The second-order valence-corrected chi connectivity index (χ2v) is 6.83.